The molecule has 0 aromatic heterocycles. The van der Waals surface area contributed by atoms with Crippen LogP contribution in [-0.2, 0) is 9.84 Å². The molecule has 62 valence electrons. The zero-order valence-electron chi connectivity index (χ0n) is 6.50. The van der Waals surface area contributed by atoms with E-state index in [4.69, 9.17) is 5.73 Å². The molecule has 10 heavy (non-hydrogen) atoms. The summed E-state index contributed by atoms with van der Waals surface area (Å²) in [4.78, 5) is 0. The first kappa shape index (κ1) is 9.91. The van der Waals surface area contributed by atoms with Crippen molar-refractivity contribution in [2.24, 2.45) is 5.73 Å². The number of hydrogen-bond acceptors (Lipinski definition) is 3. The molecular weight excluding hydrogens is 150 g/mol. The lowest BCUT2D eigenvalue weighted by Crippen LogP contribution is -2.22. The van der Waals surface area contributed by atoms with Gasteiger partial charge in [-0.25, -0.2) is 8.42 Å². The zero-order chi connectivity index (χ0) is 8.20. The van der Waals surface area contributed by atoms with E-state index >= 15 is 0 Å². The predicted octanol–water partition coefficient (Wildman–Crippen LogP) is 0.158. The van der Waals surface area contributed by atoms with E-state index in [1.807, 2.05) is 0 Å². The van der Waals surface area contributed by atoms with Crippen LogP contribution in [0, 0.1) is 0 Å². The molecular formula is C6H15NO2S. The van der Waals surface area contributed by atoms with Gasteiger partial charge in [-0.2, -0.15) is 0 Å². The molecule has 0 rings (SSSR count). The van der Waals surface area contributed by atoms with Crippen LogP contribution in [0.15, 0.2) is 0 Å². The molecule has 4 heteroatoms. The third-order valence-electron chi connectivity index (χ3n) is 1.59. The van der Waals surface area contributed by atoms with E-state index in [1.165, 1.54) is 0 Å². The Morgan fingerprint density at radius 2 is 2.00 bits per heavy atom. The fourth-order valence-electron chi connectivity index (χ4n) is 0.699. The monoisotopic (exact) mass is 165 g/mol. The molecule has 1 atom stereocenters. The van der Waals surface area contributed by atoms with Gasteiger partial charge in [0.1, 0.15) is 0 Å². The van der Waals surface area contributed by atoms with Gasteiger partial charge in [-0.1, -0.05) is 6.92 Å². The minimum Gasteiger partial charge on any atom is -0.330 e. The van der Waals surface area contributed by atoms with Crippen LogP contribution in [0.25, 0.3) is 0 Å². The molecule has 1 unspecified atom stereocenters. The van der Waals surface area contributed by atoms with Gasteiger partial charge in [-0.05, 0) is 19.9 Å². The molecule has 3 nitrogen and oxygen atoms in total. The lowest BCUT2D eigenvalue weighted by molar-refractivity contribution is 0.579. The maximum Gasteiger partial charge on any atom is 0.152 e. The average molecular weight is 165 g/mol. The number of rotatable bonds is 4. The first-order chi connectivity index (χ1) is 4.54. The third kappa shape index (κ3) is 2.66. The standard InChI is InChI=1S/C6H15NO2S/c1-3-10(8,9)6(2)4-5-7/h6H,3-5,7H2,1-2H3. The normalized spacial score (nSPS) is 15.1. The summed E-state index contributed by atoms with van der Waals surface area (Å²) in [5.74, 6) is 0.216. The van der Waals surface area contributed by atoms with Crippen molar-refractivity contribution in [3.05, 3.63) is 0 Å². The fraction of sp³-hybridized carbons (Fsp3) is 1.00. The Bertz CT molecular complexity index is 174. The Balaban J connectivity index is 4.06. The van der Waals surface area contributed by atoms with Crippen molar-refractivity contribution in [2.75, 3.05) is 12.3 Å². The Labute approximate surface area is 62.5 Å². The second kappa shape index (κ2) is 3.93. The molecule has 0 heterocycles. The maximum absolute atomic E-state index is 11.0. The highest BCUT2D eigenvalue weighted by Gasteiger charge is 2.16. The average Bonchev–Trinajstić information content (AvgIpc) is 1.89. The molecule has 0 aliphatic carbocycles. The van der Waals surface area contributed by atoms with E-state index in [-0.39, 0.29) is 11.0 Å². The number of hydrogen-bond donors (Lipinski definition) is 1. The van der Waals surface area contributed by atoms with Crippen LogP contribution in [0.3, 0.4) is 0 Å². The highest BCUT2D eigenvalue weighted by atomic mass is 32.2. The zero-order valence-corrected chi connectivity index (χ0v) is 7.32. The minimum atomic E-state index is -2.84. The molecule has 0 fully saturated rings. The summed E-state index contributed by atoms with van der Waals surface area (Å²) in [6.07, 6.45) is 0.566. The van der Waals surface area contributed by atoms with Crippen molar-refractivity contribution in [2.45, 2.75) is 25.5 Å². The van der Waals surface area contributed by atoms with Gasteiger partial charge < -0.3 is 5.73 Å². The molecule has 0 aliphatic rings. The van der Waals surface area contributed by atoms with Crippen LogP contribution in [0.4, 0.5) is 0 Å². The minimum absolute atomic E-state index is 0.216. The lowest BCUT2D eigenvalue weighted by atomic mass is 10.3. The van der Waals surface area contributed by atoms with Gasteiger partial charge in [0.15, 0.2) is 9.84 Å². The fourth-order valence-corrected chi connectivity index (χ4v) is 1.76. The molecule has 0 radical (unpaired) electrons. The summed E-state index contributed by atoms with van der Waals surface area (Å²) in [6.45, 7) is 3.80. The van der Waals surface area contributed by atoms with E-state index in [2.05, 4.69) is 0 Å². The summed E-state index contributed by atoms with van der Waals surface area (Å²) in [5.41, 5.74) is 5.22. The van der Waals surface area contributed by atoms with Crippen molar-refractivity contribution < 1.29 is 8.42 Å². The largest absolute Gasteiger partial charge is 0.330 e. The summed E-state index contributed by atoms with van der Waals surface area (Å²) in [7, 11) is -2.84. The Kier molecular flexibility index (Phi) is 3.89. The molecule has 0 aliphatic heterocycles. The summed E-state index contributed by atoms with van der Waals surface area (Å²) < 4.78 is 22.1. The van der Waals surface area contributed by atoms with E-state index in [0.717, 1.165) is 0 Å². The molecule has 0 spiro atoms. The molecule has 0 aromatic rings. The van der Waals surface area contributed by atoms with E-state index in [0.29, 0.717) is 13.0 Å². The van der Waals surface area contributed by atoms with Crippen molar-refractivity contribution in [1.29, 1.82) is 0 Å². The highest BCUT2D eigenvalue weighted by molar-refractivity contribution is 7.91. The smallest absolute Gasteiger partial charge is 0.152 e. The molecule has 0 aromatic carbocycles. The predicted molar refractivity (Wildman–Crippen MR) is 42.6 cm³/mol. The van der Waals surface area contributed by atoms with Crippen molar-refractivity contribution in [1.82, 2.24) is 0 Å². The van der Waals surface area contributed by atoms with Crippen LogP contribution >= 0.6 is 0 Å². The lowest BCUT2D eigenvalue weighted by Gasteiger charge is -2.08. The molecule has 0 saturated heterocycles. The highest BCUT2D eigenvalue weighted by Crippen LogP contribution is 2.04. The van der Waals surface area contributed by atoms with Crippen LogP contribution in [0.1, 0.15) is 20.3 Å². The van der Waals surface area contributed by atoms with Crippen LogP contribution in [0.5, 0.6) is 0 Å². The summed E-state index contributed by atoms with van der Waals surface area (Å²) >= 11 is 0. The van der Waals surface area contributed by atoms with Gasteiger partial charge in [-0.3, -0.25) is 0 Å². The summed E-state index contributed by atoms with van der Waals surface area (Å²) in [5, 5.41) is -0.275. The molecule has 2 N–H and O–H groups in total. The van der Waals surface area contributed by atoms with Gasteiger partial charge in [0.25, 0.3) is 0 Å². The maximum atomic E-state index is 11.0. The van der Waals surface area contributed by atoms with Gasteiger partial charge in [0.05, 0.1) is 5.25 Å². The number of nitrogens with two attached hydrogens (primary N) is 1. The van der Waals surface area contributed by atoms with Gasteiger partial charge in [0, 0.05) is 5.75 Å². The van der Waals surface area contributed by atoms with Crippen molar-refractivity contribution in [3.8, 4) is 0 Å². The topological polar surface area (TPSA) is 60.2 Å². The van der Waals surface area contributed by atoms with Crippen LogP contribution in [-0.4, -0.2) is 26.0 Å². The van der Waals surface area contributed by atoms with Gasteiger partial charge in [-0.15, -0.1) is 0 Å². The molecule has 0 bridgehead atoms. The molecule has 0 amide bonds. The van der Waals surface area contributed by atoms with E-state index in [9.17, 15) is 8.42 Å². The van der Waals surface area contributed by atoms with Crippen molar-refractivity contribution >= 4 is 9.84 Å². The first-order valence-corrected chi connectivity index (χ1v) is 5.17. The Morgan fingerprint density at radius 1 is 1.50 bits per heavy atom. The van der Waals surface area contributed by atoms with Gasteiger partial charge in [0.2, 0.25) is 0 Å². The van der Waals surface area contributed by atoms with Crippen molar-refractivity contribution in [3.63, 3.8) is 0 Å². The second-order valence-electron chi connectivity index (χ2n) is 2.34. The second-order valence-corrected chi connectivity index (χ2v) is 5.05. The number of sulfone groups is 1. The van der Waals surface area contributed by atoms with Crippen LogP contribution in [0.2, 0.25) is 0 Å². The Hall–Kier alpha value is -0.0900. The quantitative estimate of drug-likeness (QED) is 0.645. The van der Waals surface area contributed by atoms with E-state index < -0.39 is 9.84 Å². The first-order valence-electron chi connectivity index (χ1n) is 3.46. The SMILES string of the molecule is CCS(=O)(=O)C(C)CCN. The van der Waals surface area contributed by atoms with E-state index in [1.54, 1.807) is 13.8 Å². The molecule has 0 saturated carbocycles. The third-order valence-corrected chi connectivity index (χ3v) is 3.86. The van der Waals surface area contributed by atoms with Gasteiger partial charge >= 0.3 is 0 Å². The Morgan fingerprint density at radius 3 is 2.30 bits per heavy atom. The van der Waals surface area contributed by atoms with Crippen LogP contribution < -0.4 is 5.73 Å². The summed E-state index contributed by atoms with van der Waals surface area (Å²) in [6, 6.07) is 0.